The predicted molar refractivity (Wildman–Crippen MR) is 80.7 cm³/mol. The second kappa shape index (κ2) is 6.14. The summed E-state index contributed by atoms with van der Waals surface area (Å²) in [6.45, 7) is 1.97. The topological polar surface area (TPSA) is 50.7 Å². The summed E-state index contributed by atoms with van der Waals surface area (Å²) in [5.74, 6) is 0.647. The van der Waals surface area contributed by atoms with Gasteiger partial charge in [-0.25, -0.2) is 9.97 Å². The molecular formula is C16H17F3N4. The van der Waals surface area contributed by atoms with Crippen LogP contribution in [0.4, 0.5) is 19.0 Å². The van der Waals surface area contributed by atoms with Crippen LogP contribution in [0.2, 0.25) is 0 Å². The van der Waals surface area contributed by atoms with Crippen molar-refractivity contribution in [2.24, 2.45) is 5.92 Å². The molecule has 7 heteroatoms. The highest BCUT2D eigenvalue weighted by Gasteiger charge is 2.34. The lowest BCUT2D eigenvalue weighted by Gasteiger charge is -2.32. The molecule has 2 heterocycles. The number of hydrogen-bond acceptors (Lipinski definition) is 4. The Balaban J connectivity index is 1.94. The molecule has 4 nitrogen and oxygen atoms in total. The zero-order valence-corrected chi connectivity index (χ0v) is 12.6. The van der Waals surface area contributed by atoms with Crippen molar-refractivity contribution >= 4 is 5.82 Å². The lowest BCUT2D eigenvalue weighted by atomic mass is 9.80. The lowest BCUT2D eigenvalue weighted by molar-refractivity contribution is -0.141. The zero-order valence-electron chi connectivity index (χ0n) is 12.6. The SMILES string of the molecule is CC(Nc1cc(C(F)(F)F)nc(-c2ccccn2)n1)C1CCC1. The first-order valence-electron chi connectivity index (χ1n) is 7.58. The summed E-state index contributed by atoms with van der Waals surface area (Å²) in [7, 11) is 0. The number of rotatable bonds is 4. The van der Waals surface area contributed by atoms with Gasteiger partial charge in [-0.3, -0.25) is 4.98 Å². The zero-order chi connectivity index (χ0) is 16.4. The lowest BCUT2D eigenvalue weighted by Crippen LogP contribution is -2.31. The first kappa shape index (κ1) is 15.7. The Morgan fingerprint density at radius 1 is 1.22 bits per heavy atom. The Bertz CT molecular complexity index is 669. The number of hydrogen-bond donors (Lipinski definition) is 1. The molecule has 0 bridgehead atoms. The minimum absolute atomic E-state index is 0.0243. The molecular weight excluding hydrogens is 305 g/mol. The highest BCUT2D eigenvalue weighted by Crippen LogP contribution is 2.33. The summed E-state index contributed by atoms with van der Waals surface area (Å²) >= 11 is 0. The van der Waals surface area contributed by atoms with E-state index in [1.54, 1.807) is 18.2 Å². The van der Waals surface area contributed by atoms with E-state index in [1.807, 2.05) is 6.92 Å². The van der Waals surface area contributed by atoms with Gasteiger partial charge < -0.3 is 5.32 Å². The van der Waals surface area contributed by atoms with E-state index in [-0.39, 0.29) is 17.7 Å². The average Bonchev–Trinajstić information content (AvgIpc) is 2.45. The molecule has 1 aliphatic rings. The van der Waals surface area contributed by atoms with Gasteiger partial charge >= 0.3 is 6.18 Å². The van der Waals surface area contributed by atoms with Crippen molar-refractivity contribution in [1.29, 1.82) is 0 Å². The maximum Gasteiger partial charge on any atom is 0.433 e. The van der Waals surface area contributed by atoms with Gasteiger partial charge in [0.15, 0.2) is 11.5 Å². The fraction of sp³-hybridized carbons (Fsp3) is 0.438. The third kappa shape index (κ3) is 3.60. The van der Waals surface area contributed by atoms with Crippen molar-refractivity contribution in [2.75, 3.05) is 5.32 Å². The molecule has 0 saturated heterocycles. The van der Waals surface area contributed by atoms with E-state index in [9.17, 15) is 13.2 Å². The number of nitrogens with zero attached hydrogens (tertiary/aromatic N) is 3. The fourth-order valence-corrected chi connectivity index (χ4v) is 2.57. The quantitative estimate of drug-likeness (QED) is 0.918. The molecule has 1 N–H and O–H groups in total. The van der Waals surface area contributed by atoms with Gasteiger partial charge in [-0.05, 0) is 37.8 Å². The molecule has 0 aromatic carbocycles. The normalized spacial score (nSPS) is 16.7. The third-order valence-electron chi connectivity index (χ3n) is 4.14. The van der Waals surface area contributed by atoms with Gasteiger partial charge in [0, 0.05) is 18.3 Å². The molecule has 1 unspecified atom stereocenters. The van der Waals surface area contributed by atoms with Gasteiger partial charge in [-0.1, -0.05) is 12.5 Å². The van der Waals surface area contributed by atoms with Crippen molar-refractivity contribution in [3.05, 3.63) is 36.2 Å². The Kier molecular flexibility index (Phi) is 4.19. The van der Waals surface area contributed by atoms with E-state index in [0.29, 0.717) is 11.6 Å². The Labute approximate surface area is 132 Å². The summed E-state index contributed by atoms with van der Waals surface area (Å²) in [4.78, 5) is 11.9. The van der Waals surface area contributed by atoms with Crippen LogP contribution in [-0.4, -0.2) is 21.0 Å². The number of alkyl halides is 3. The summed E-state index contributed by atoms with van der Waals surface area (Å²) in [6, 6.07) is 6.01. The van der Waals surface area contributed by atoms with Gasteiger partial charge in [0.05, 0.1) is 0 Å². The molecule has 0 amide bonds. The molecule has 2 aromatic heterocycles. The molecule has 2 aromatic rings. The van der Waals surface area contributed by atoms with Crippen LogP contribution >= 0.6 is 0 Å². The minimum Gasteiger partial charge on any atom is -0.367 e. The second-order valence-electron chi connectivity index (χ2n) is 5.80. The van der Waals surface area contributed by atoms with E-state index in [0.717, 1.165) is 18.9 Å². The number of halogens is 3. The van der Waals surface area contributed by atoms with Crippen LogP contribution in [0.5, 0.6) is 0 Å². The van der Waals surface area contributed by atoms with Crippen molar-refractivity contribution in [2.45, 2.75) is 38.4 Å². The van der Waals surface area contributed by atoms with Crippen LogP contribution < -0.4 is 5.32 Å². The maximum atomic E-state index is 13.1. The highest BCUT2D eigenvalue weighted by atomic mass is 19.4. The van der Waals surface area contributed by atoms with E-state index in [4.69, 9.17) is 0 Å². The van der Waals surface area contributed by atoms with Gasteiger partial charge in [-0.15, -0.1) is 0 Å². The number of aromatic nitrogens is 3. The molecule has 122 valence electrons. The van der Waals surface area contributed by atoms with Crippen molar-refractivity contribution in [3.63, 3.8) is 0 Å². The molecule has 0 aliphatic heterocycles. The summed E-state index contributed by atoms with van der Waals surface area (Å²) < 4.78 is 39.3. The molecule has 3 rings (SSSR count). The standard InChI is InChI=1S/C16H17F3N4/c1-10(11-5-4-6-11)21-14-9-13(16(17,18)19)22-15(23-14)12-7-2-3-8-20-12/h2-3,7-11H,4-6H2,1H3,(H,21,22,23). The van der Waals surface area contributed by atoms with Gasteiger partial charge in [0.2, 0.25) is 0 Å². The van der Waals surface area contributed by atoms with Crippen LogP contribution in [0.25, 0.3) is 11.5 Å². The number of nitrogens with one attached hydrogen (secondary N) is 1. The minimum atomic E-state index is -4.53. The first-order valence-corrected chi connectivity index (χ1v) is 7.58. The average molecular weight is 322 g/mol. The molecule has 1 aliphatic carbocycles. The molecule has 1 saturated carbocycles. The van der Waals surface area contributed by atoms with Crippen LogP contribution in [0.1, 0.15) is 31.9 Å². The van der Waals surface area contributed by atoms with Gasteiger partial charge in [0.1, 0.15) is 11.5 Å². The van der Waals surface area contributed by atoms with Crippen LogP contribution in [0.3, 0.4) is 0 Å². The Hall–Kier alpha value is -2.18. The van der Waals surface area contributed by atoms with E-state index < -0.39 is 11.9 Å². The van der Waals surface area contributed by atoms with Crippen LogP contribution in [-0.2, 0) is 6.18 Å². The van der Waals surface area contributed by atoms with Gasteiger partial charge in [0.25, 0.3) is 0 Å². The van der Waals surface area contributed by atoms with Crippen molar-refractivity contribution in [3.8, 4) is 11.5 Å². The van der Waals surface area contributed by atoms with Crippen LogP contribution in [0.15, 0.2) is 30.5 Å². The van der Waals surface area contributed by atoms with E-state index in [1.165, 1.54) is 12.6 Å². The molecule has 1 fully saturated rings. The molecule has 23 heavy (non-hydrogen) atoms. The van der Waals surface area contributed by atoms with Crippen molar-refractivity contribution < 1.29 is 13.2 Å². The maximum absolute atomic E-state index is 13.1. The summed E-state index contributed by atoms with van der Waals surface area (Å²) in [5.41, 5.74) is -0.644. The Morgan fingerprint density at radius 3 is 2.57 bits per heavy atom. The number of anilines is 1. The fourth-order valence-electron chi connectivity index (χ4n) is 2.57. The first-order chi connectivity index (χ1) is 10.9. The summed E-state index contributed by atoms with van der Waals surface area (Å²) in [6.07, 6.45) is 0.343. The van der Waals surface area contributed by atoms with E-state index in [2.05, 4.69) is 20.3 Å². The highest BCUT2D eigenvalue weighted by molar-refractivity contribution is 5.53. The Morgan fingerprint density at radius 2 is 2.00 bits per heavy atom. The monoisotopic (exact) mass is 322 g/mol. The predicted octanol–water partition coefficient (Wildman–Crippen LogP) is 4.16. The molecule has 1 atom stereocenters. The molecule has 0 spiro atoms. The second-order valence-corrected chi connectivity index (χ2v) is 5.80. The van der Waals surface area contributed by atoms with E-state index >= 15 is 0 Å². The molecule has 0 radical (unpaired) electrons. The third-order valence-corrected chi connectivity index (χ3v) is 4.14. The number of pyridine rings is 1. The smallest absolute Gasteiger partial charge is 0.367 e. The van der Waals surface area contributed by atoms with Gasteiger partial charge in [-0.2, -0.15) is 13.2 Å². The largest absolute Gasteiger partial charge is 0.433 e. The van der Waals surface area contributed by atoms with Crippen LogP contribution in [0, 0.1) is 5.92 Å². The summed E-state index contributed by atoms with van der Waals surface area (Å²) in [5, 5.41) is 3.09. The van der Waals surface area contributed by atoms with Crippen molar-refractivity contribution in [1.82, 2.24) is 15.0 Å².